The lowest BCUT2D eigenvalue weighted by Gasteiger charge is -2.22. The Kier molecular flexibility index (Phi) is 6.08. The third-order valence-corrected chi connectivity index (χ3v) is 8.10. The Morgan fingerprint density at radius 3 is 2.33 bits per heavy atom. The molecule has 7 nitrogen and oxygen atoms in total. The number of carbonyl (C=O) groups excluding carboxylic acids is 1. The molecular formula is C19H16Cl2N4O3S2. The van der Waals surface area contributed by atoms with Gasteiger partial charge in [-0.05, 0) is 61.4 Å². The molecule has 0 spiro atoms. The number of halogens is 2. The monoisotopic (exact) mass is 482 g/mol. The van der Waals surface area contributed by atoms with E-state index in [2.05, 4.69) is 15.5 Å². The van der Waals surface area contributed by atoms with Gasteiger partial charge in [-0.15, -0.1) is 10.2 Å². The summed E-state index contributed by atoms with van der Waals surface area (Å²) in [5.74, 6) is -0.411. The van der Waals surface area contributed by atoms with Crippen LogP contribution in [0, 0.1) is 0 Å². The molecule has 1 saturated heterocycles. The summed E-state index contributed by atoms with van der Waals surface area (Å²) in [4.78, 5) is 12.6. The summed E-state index contributed by atoms with van der Waals surface area (Å²) in [7, 11) is -3.72. The Hall–Kier alpha value is -2.04. The molecule has 3 aromatic rings. The maximum absolute atomic E-state index is 13.1. The lowest BCUT2D eigenvalue weighted by atomic mass is 10.2. The van der Waals surface area contributed by atoms with Gasteiger partial charge in [0.15, 0.2) is 0 Å². The van der Waals surface area contributed by atoms with Crippen LogP contribution in [0.4, 0.5) is 5.69 Å². The molecule has 1 aromatic heterocycles. The van der Waals surface area contributed by atoms with E-state index in [1.54, 1.807) is 36.4 Å². The maximum Gasteiger partial charge on any atom is 0.286 e. The quantitative estimate of drug-likeness (QED) is 0.572. The smallest absolute Gasteiger partial charge is 0.286 e. The summed E-state index contributed by atoms with van der Waals surface area (Å²) in [6.07, 6.45) is 1.31. The summed E-state index contributed by atoms with van der Waals surface area (Å²) in [6.45, 7) is 0.376. The zero-order valence-corrected chi connectivity index (χ0v) is 18.6. The molecule has 4 rings (SSSR count). The average Bonchev–Trinajstić information content (AvgIpc) is 3.40. The van der Waals surface area contributed by atoms with Crippen molar-refractivity contribution in [3.8, 4) is 0 Å². The van der Waals surface area contributed by atoms with Gasteiger partial charge in [0.25, 0.3) is 5.91 Å². The number of anilines is 1. The highest BCUT2D eigenvalue weighted by atomic mass is 35.5. The van der Waals surface area contributed by atoms with Crippen LogP contribution in [0.1, 0.15) is 33.7 Å². The molecule has 1 aliphatic heterocycles. The van der Waals surface area contributed by atoms with Crippen LogP contribution in [0.5, 0.6) is 0 Å². The van der Waals surface area contributed by atoms with Gasteiger partial charge in [0.05, 0.1) is 10.9 Å². The molecule has 1 aliphatic rings. The second-order valence-corrected chi connectivity index (χ2v) is 10.4. The predicted octanol–water partition coefficient (Wildman–Crippen LogP) is 4.62. The number of benzene rings is 2. The first-order chi connectivity index (χ1) is 14.3. The SMILES string of the molecule is O=C(Nc1ccc(Cl)cc1)c1nnc([C@H]2CCCN2S(=O)(=O)c2ccc(Cl)cc2)s1. The maximum atomic E-state index is 13.1. The summed E-state index contributed by atoms with van der Waals surface area (Å²) in [5.41, 5.74) is 0.578. The summed E-state index contributed by atoms with van der Waals surface area (Å²) >= 11 is 12.8. The number of hydrogen-bond acceptors (Lipinski definition) is 6. The van der Waals surface area contributed by atoms with Gasteiger partial charge < -0.3 is 5.32 Å². The molecule has 0 bridgehead atoms. The molecular weight excluding hydrogens is 467 g/mol. The highest BCUT2D eigenvalue weighted by molar-refractivity contribution is 7.89. The lowest BCUT2D eigenvalue weighted by molar-refractivity contribution is 0.102. The summed E-state index contributed by atoms with van der Waals surface area (Å²) in [6, 6.07) is 12.3. The molecule has 0 aliphatic carbocycles. The third kappa shape index (κ3) is 4.35. The molecule has 0 radical (unpaired) electrons. The number of sulfonamides is 1. The van der Waals surface area contributed by atoms with E-state index in [1.807, 2.05) is 0 Å². The molecule has 1 atom stereocenters. The minimum Gasteiger partial charge on any atom is -0.320 e. The van der Waals surface area contributed by atoms with Crippen molar-refractivity contribution in [2.75, 3.05) is 11.9 Å². The van der Waals surface area contributed by atoms with Gasteiger partial charge in [-0.25, -0.2) is 8.42 Å². The second kappa shape index (κ2) is 8.60. The number of carbonyl (C=O) groups is 1. The van der Waals surface area contributed by atoms with Crippen molar-refractivity contribution in [1.82, 2.24) is 14.5 Å². The van der Waals surface area contributed by atoms with Crippen molar-refractivity contribution < 1.29 is 13.2 Å². The van der Waals surface area contributed by atoms with Gasteiger partial charge in [0.1, 0.15) is 5.01 Å². The third-order valence-electron chi connectivity index (χ3n) is 4.65. The van der Waals surface area contributed by atoms with Crippen LogP contribution in [0.25, 0.3) is 0 Å². The molecule has 156 valence electrons. The first kappa shape index (κ1) is 21.2. The first-order valence-corrected chi connectivity index (χ1v) is 12.0. The van der Waals surface area contributed by atoms with E-state index in [4.69, 9.17) is 23.2 Å². The van der Waals surface area contributed by atoms with Crippen LogP contribution in [0.2, 0.25) is 10.0 Å². The van der Waals surface area contributed by atoms with Crippen LogP contribution in [0.3, 0.4) is 0 Å². The van der Waals surface area contributed by atoms with Crippen molar-refractivity contribution in [2.24, 2.45) is 0 Å². The van der Waals surface area contributed by atoms with Crippen LogP contribution in [-0.4, -0.2) is 35.4 Å². The molecule has 30 heavy (non-hydrogen) atoms. The topological polar surface area (TPSA) is 92.3 Å². The van der Waals surface area contributed by atoms with E-state index in [0.717, 1.165) is 11.3 Å². The van der Waals surface area contributed by atoms with E-state index >= 15 is 0 Å². The Balaban J connectivity index is 1.54. The minimum atomic E-state index is -3.72. The second-order valence-electron chi connectivity index (χ2n) is 6.63. The molecule has 2 aromatic carbocycles. The van der Waals surface area contributed by atoms with Crippen LogP contribution >= 0.6 is 34.5 Å². The van der Waals surface area contributed by atoms with Crippen molar-refractivity contribution >= 4 is 56.2 Å². The predicted molar refractivity (Wildman–Crippen MR) is 117 cm³/mol. The molecule has 0 saturated carbocycles. The summed E-state index contributed by atoms with van der Waals surface area (Å²) < 4.78 is 27.6. The number of nitrogens with one attached hydrogen (secondary N) is 1. The van der Waals surface area contributed by atoms with Crippen molar-refractivity contribution in [2.45, 2.75) is 23.8 Å². The Morgan fingerprint density at radius 1 is 1.03 bits per heavy atom. The Bertz CT molecular complexity index is 1170. The highest BCUT2D eigenvalue weighted by Crippen LogP contribution is 2.38. The fourth-order valence-electron chi connectivity index (χ4n) is 3.20. The highest BCUT2D eigenvalue weighted by Gasteiger charge is 2.38. The Labute approximate surface area is 187 Å². The van der Waals surface area contributed by atoms with Gasteiger partial charge in [0.2, 0.25) is 15.0 Å². The van der Waals surface area contributed by atoms with Crippen molar-refractivity contribution in [1.29, 1.82) is 0 Å². The summed E-state index contributed by atoms with van der Waals surface area (Å²) in [5, 5.41) is 12.5. The normalized spacial score (nSPS) is 17.2. The standard InChI is InChI=1S/C19H16Cl2N4O3S2/c20-12-3-7-14(8-4-12)22-17(26)19-24-23-18(29-19)16-2-1-11-25(16)30(27,28)15-9-5-13(21)6-10-15/h3-10,16H,1-2,11H2,(H,22,26)/t16-/m1/s1. The Morgan fingerprint density at radius 2 is 1.67 bits per heavy atom. The first-order valence-electron chi connectivity index (χ1n) is 9.02. The molecule has 11 heteroatoms. The molecule has 1 fully saturated rings. The van der Waals surface area contributed by atoms with Crippen molar-refractivity contribution in [3.05, 3.63) is 68.6 Å². The van der Waals surface area contributed by atoms with Crippen LogP contribution in [-0.2, 0) is 10.0 Å². The number of nitrogens with zero attached hydrogens (tertiary/aromatic N) is 3. The van der Waals surface area contributed by atoms with Gasteiger partial charge in [0, 0.05) is 22.3 Å². The van der Waals surface area contributed by atoms with Crippen molar-refractivity contribution in [3.63, 3.8) is 0 Å². The molecule has 1 N–H and O–H groups in total. The van der Waals surface area contributed by atoms with E-state index < -0.39 is 22.0 Å². The molecule has 2 heterocycles. The number of hydrogen-bond donors (Lipinski definition) is 1. The van der Waals surface area contributed by atoms with E-state index in [-0.39, 0.29) is 9.90 Å². The molecule has 0 unspecified atom stereocenters. The average molecular weight is 483 g/mol. The number of rotatable bonds is 5. The molecule has 1 amide bonds. The van der Waals surface area contributed by atoms with Gasteiger partial charge >= 0.3 is 0 Å². The van der Waals surface area contributed by atoms with Gasteiger partial charge in [-0.3, -0.25) is 4.79 Å². The van der Waals surface area contributed by atoms with E-state index in [1.165, 1.54) is 16.4 Å². The van der Waals surface area contributed by atoms with E-state index in [0.29, 0.717) is 40.1 Å². The minimum absolute atomic E-state index is 0.163. The van der Waals surface area contributed by atoms with Gasteiger partial charge in [-0.1, -0.05) is 34.5 Å². The van der Waals surface area contributed by atoms with Crippen LogP contribution < -0.4 is 5.32 Å². The largest absolute Gasteiger partial charge is 0.320 e. The van der Waals surface area contributed by atoms with Gasteiger partial charge in [-0.2, -0.15) is 4.31 Å². The van der Waals surface area contributed by atoms with E-state index in [9.17, 15) is 13.2 Å². The fraction of sp³-hybridized carbons (Fsp3) is 0.211. The number of amides is 1. The lowest BCUT2D eigenvalue weighted by Crippen LogP contribution is -2.30. The van der Waals surface area contributed by atoms with Crippen LogP contribution in [0.15, 0.2) is 53.4 Å². The zero-order chi connectivity index (χ0) is 21.3. The number of aromatic nitrogens is 2. The zero-order valence-electron chi connectivity index (χ0n) is 15.5. The fourth-order valence-corrected chi connectivity index (χ4v) is 6.06.